The summed E-state index contributed by atoms with van der Waals surface area (Å²) >= 11 is 5.84. The number of alkyl halides is 2. The lowest BCUT2D eigenvalue weighted by molar-refractivity contribution is -0.0365. The molecule has 142 valence electrons. The van der Waals surface area contributed by atoms with Crippen molar-refractivity contribution in [2.45, 2.75) is 31.9 Å². The Bertz CT molecular complexity index is 958. The van der Waals surface area contributed by atoms with Gasteiger partial charge in [0, 0.05) is 37.8 Å². The van der Waals surface area contributed by atoms with Gasteiger partial charge in [0.1, 0.15) is 5.82 Å². The van der Waals surface area contributed by atoms with E-state index in [1.54, 1.807) is 24.3 Å². The summed E-state index contributed by atoms with van der Waals surface area (Å²) in [6, 6.07) is 3.16. The van der Waals surface area contributed by atoms with Crippen molar-refractivity contribution < 1.29 is 13.5 Å². The Balaban J connectivity index is 1.78. The molecular formula is C18H18ClF2N5O. The highest BCUT2D eigenvalue weighted by Crippen LogP contribution is 2.35. The topological polar surface area (TPSA) is 56.1 Å². The second kappa shape index (κ2) is 7.36. The van der Waals surface area contributed by atoms with Crippen molar-refractivity contribution in [2.24, 2.45) is 0 Å². The number of hydrogen-bond acceptors (Lipinski definition) is 5. The molecule has 4 rings (SSSR count). The highest BCUT2D eigenvalue weighted by molar-refractivity contribution is 6.31. The number of rotatable bonds is 4. The lowest BCUT2D eigenvalue weighted by atomic mass is 10.2. The zero-order valence-corrected chi connectivity index (χ0v) is 15.4. The maximum atomic E-state index is 13.2. The average Bonchev–Trinajstić information content (AvgIpc) is 3.08. The summed E-state index contributed by atoms with van der Waals surface area (Å²) in [5.41, 5.74) is 0.618. The highest BCUT2D eigenvalue weighted by atomic mass is 35.5. The number of nitrogens with zero attached hydrogens (tertiary/aromatic N) is 5. The molecule has 1 saturated heterocycles. The molecule has 0 radical (unpaired) electrons. The largest absolute Gasteiger partial charge is 0.356 e. The molecule has 0 aromatic carbocycles. The van der Waals surface area contributed by atoms with Crippen LogP contribution in [0.25, 0.3) is 10.9 Å². The molecule has 0 aliphatic carbocycles. The molecule has 1 fully saturated rings. The van der Waals surface area contributed by atoms with Crippen LogP contribution in [-0.4, -0.2) is 33.4 Å². The predicted molar refractivity (Wildman–Crippen MR) is 98.6 cm³/mol. The van der Waals surface area contributed by atoms with Gasteiger partial charge in [0.2, 0.25) is 0 Å². The van der Waals surface area contributed by atoms with Crippen LogP contribution in [0, 0.1) is 0 Å². The number of halogens is 3. The van der Waals surface area contributed by atoms with Crippen molar-refractivity contribution in [1.82, 2.24) is 19.7 Å². The predicted octanol–water partition coefficient (Wildman–Crippen LogP) is 4.88. The quantitative estimate of drug-likeness (QED) is 0.632. The van der Waals surface area contributed by atoms with E-state index in [2.05, 4.69) is 9.97 Å². The first-order chi connectivity index (χ1) is 13.1. The van der Waals surface area contributed by atoms with Gasteiger partial charge in [-0.1, -0.05) is 11.6 Å². The van der Waals surface area contributed by atoms with Crippen LogP contribution in [-0.2, 0) is 4.74 Å². The molecule has 3 aromatic heterocycles. The molecule has 1 atom stereocenters. The standard InChI is InChI=1S/C18H18ClF2N5O/c1-25(15-8-11(17(20)21)13(19)10-23-15)18-12-9-22-6-5-14(12)26(24-18)16-4-2-3-7-27-16/h5-6,8-10,16-17H,2-4,7H2,1H3. The van der Waals surface area contributed by atoms with E-state index in [4.69, 9.17) is 21.4 Å². The van der Waals surface area contributed by atoms with Crippen molar-refractivity contribution in [1.29, 1.82) is 0 Å². The number of ether oxygens (including phenoxy) is 1. The Morgan fingerprint density at radius 1 is 1.33 bits per heavy atom. The lowest BCUT2D eigenvalue weighted by Gasteiger charge is -2.23. The summed E-state index contributed by atoms with van der Waals surface area (Å²) < 4.78 is 34.1. The van der Waals surface area contributed by atoms with E-state index >= 15 is 0 Å². The fourth-order valence-electron chi connectivity index (χ4n) is 3.25. The Kier molecular flexibility index (Phi) is 4.92. The smallest absolute Gasteiger partial charge is 0.265 e. The van der Waals surface area contributed by atoms with Crippen LogP contribution >= 0.6 is 11.6 Å². The van der Waals surface area contributed by atoms with Gasteiger partial charge in [-0.2, -0.15) is 5.10 Å². The molecule has 0 spiro atoms. The molecular weight excluding hydrogens is 376 g/mol. The first-order valence-corrected chi connectivity index (χ1v) is 9.05. The molecule has 9 heteroatoms. The van der Waals surface area contributed by atoms with Crippen LogP contribution in [0.2, 0.25) is 5.02 Å². The third-order valence-electron chi connectivity index (χ3n) is 4.68. The van der Waals surface area contributed by atoms with Crippen LogP contribution < -0.4 is 4.90 Å². The first-order valence-electron chi connectivity index (χ1n) is 8.67. The number of aromatic nitrogens is 4. The monoisotopic (exact) mass is 393 g/mol. The van der Waals surface area contributed by atoms with Crippen molar-refractivity contribution in [3.63, 3.8) is 0 Å². The van der Waals surface area contributed by atoms with Crippen LogP contribution in [0.4, 0.5) is 20.4 Å². The van der Waals surface area contributed by atoms with Crippen LogP contribution in [0.1, 0.15) is 37.5 Å². The Hall–Kier alpha value is -2.32. The molecule has 6 nitrogen and oxygen atoms in total. The van der Waals surface area contributed by atoms with Gasteiger partial charge < -0.3 is 9.64 Å². The third kappa shape index (κ3) is 3.35. The summed E-state index contributed by atoms with van der Waals surface area (Å²) in [6.07, 6.45) is 4.78. The van der Waals surface area contributed by atoms with Crippen molar-refractivity contribution in [3.8, 4) is 0 Å². The van der Waals surface area contributed by atoms with Gasteiger partial charge >= 0.3 is 0 Å². The van der Waals surface area contributed by atoms with Crippen molar-refractivity contribution >= 4 is 34.1 Å². The van der Waals surface area contributed by atoms with E-state index in [0.29, 0.717) is 18.2 Å². The minimum atomic E-state index is -2.68. The van der Waals surface area contributed by atoms with E-state index in [0.717, 1.165) is 30.2 Å². The molecule has 0 N–H and O–H groups in total. The third-order valence-corrected chi connectivity index (χ3v) is 5.00. The maximum absolute atomic E-state index is 13.2. The first kappa shape index (κ1) is 18.1. The molecule has 1 unspecified atom stereocenters. The minimum Gasteiger partial charge on any atom is -0.356 e. The van der Waals surface area contributed by atoms with E-state index in [1.807, 2.05) is 10.7 Å². The summed E-state index contributed by atoms with van der Waals surface area (Å²) in [7, 11) is 1.73. The SMILES string of the molecule is CN(c1cc(C(F)F)c(Cl)cn1)c1nn(C2CCCCO2)c2ccncc12. The second-order valence-electron chi connectivity index (χ2n) is 6.41. The van der Waals surface area contributed by atoms with Crippen LogP contribution in [0.15, 0.2) is 30.7 Å². The Morgan fingerprint density at radius 2 is 2.19 bits per heavy atom. The second-order valence-corrected chi connectivity index (χ2v) is 6.81. The molecule has 1 aliphatic heterocycles. The summed E-state index contributed by atoms with van der Waals surface area (Å²) in [5.74, 6) is 0.900. The highest BCUT2D eigenvalue weighted by Gasteiger charge is 2.24. The van der Waals surface area contributed by atoms with Gasteiger partial charge in [-0.25, -0.2) is 18.4 Å². The number of hydrogen-bond donors (Lipinski definition) is 0. The Morgan fingerprint density at radius 3 is 2.93 bits per heavy atom. The summed E-state index contributed by atoms with van der Waals surface area (Å²) in [6.45, 7) is 0.693. The average molecular weight is 394 g/mol. The maximum Gasteiger partial charge on any atom is 0.265 e. The van der Waals surface area contributed by atoms with E-state index in [-0.39, 0.29) is 16.8 Å². The molecule has 0 saturated carbocycles. The summed E-state index contributed by atoms with van der Waals surface area (Å²) in [4.78, 5) is 10.0. The zero-order valence-electron chi connectivity index (χ0n) is 14.6. The van der Waals surface area contributed by atoms with E-state index < -0.39 is 6.43 Å². The van der Waals surface area contributed by atoms with Gasteiger partial charge in [0.15, 0.2) is 12.0 Å². The zero-order chi connectivity index (χ0) is 19.0. The van der Waals surface area contributed by atoms with Gasteiger partial charge in [-0.15, -0.1) is 0 Å². The molecule has 4 heterocycles. The van der Waals surface area contributed by atoms with Gasteiger partial charge in [-0.05, 0) is 31.4 Å². The molecule has 0 amide bonds. The van der Waals surface area contributed by atoms with Crippen molar-refractivity contribution in [3.05, 3.63) is 41.3 Å². The Labute approximate surface area is 159 Å². The molecule has 3 aromatic rings. The normalized spacial score (nSPS) is 17.6. The number of anilines is 2. The summed E-state index contributed by atoms with van der Waals surface area (Å²) in [5, 5.41) is 5.44. The fraction of sp³-hybridized carbons (Fsp3) is 0.389. The van der Waals surface area contributed by atoms with Crippen LogP contribution in [0.5, 0.6) is 0 Å². The van der Waals surface area contributed by atoms with Crippen LogP contribution in [0.3, 0.4) is 0 Å². The van der Waals surface area contributed by atoms with Gasteiger partial charge in [0.25, 0.3) is 6.43 Å². The van der Waals surface area contributed by atoms with E-state index in [1.165, 1.54) is 12.3 Å². The lowest BCUT2D eigenvalue weighted by Crippen LogP contribution is -2.20. The molecule has 0 bridgehead atoms. The van der Waals surface area contributed by atoms with Crippen molar-refractivity contribution in [2.75, 3.05) is 18.6 Å². The number of fused-ring (bicyclic) bond motifs is 1. The minimum absolute atomic E-state index is 0.0604. The fourth-order valence-corrected chi connectivity index (χ4v) is 3.44. The van der Waals surface area contributed by atoms with Gasteiger partial charge in [0.05, 0.1) is 15.9 Å². The van der Waals surface area contributed by atoms with Gasteiger partial charge in [-0.3, -0.25) is 4.98 Å². The molecule has 1 aliphatic rings. The van der Waals surface area contributed by atoms with E-state index in [9.17, 15) is 8.78 Å². The molecule has 27 heavy (non-hydrogen) atoms. The number of pyridine rings is 2.